The zero-order valence-electron chi connectivity index (χ0n) is 14.6. The summed E-state index contributed by atoms with van der Waals surface area (Å²) in [5, 5.41) is 19.1. The van der Waals surface area contributed by atoms with Gasteiger partial charge in [-0.3, -0.25) is 9.58 Å². The maximum absolute atomic E-state index is 10.6. The Bertz CT molecular complexity index is 510. The summed E-state index contributed by atoms with van der Waals surface area (Å²) in [6.07, 6.45) is 0. The molecule has 0 spiro atoms. The normalized spacial score (nSPS) is 19.3. The maximum atomic E-state index is 10.6. The van der Waals surface area contributed by atoms with E-state index in [2.05, 4.69) is 29.2 Å². The van der Waals surface area contributed by atoms with Gasteiger partial charge in [0, 0.05) is 45.3 Å². The second kappa shape index (κ2) is 7.94. The molecule has 2 heterocycles. The van der Waals surface area contributed by atoms with E-state index in [0.29, 0.717) is 30.7 Å². The van der Waals surface area contributed by atoms with E-state index < -0.39 is 5.60 Å². The van der Waals surface area contributed by atoms with Crippen LogP contribution in [0.1, 0.15) is 37.9 Å². The van der Waals surface area contributed by atoms with Crippen LogP contribution in [0.3, 0.4) is 0 Å². The van der Waals surface area contributed by atoms with Crippen molar-refractivity contribution in [3.8, 4) is 0 Å². The molecule has 1 aromatic rings. The molecule has 1 saturated heterocycles. The number of hydrogen-bond acceptors (Lipinski definition) is 5. The van der Waals surface area contributed by atoms with Crippen LogP contribution >= 0.6 is 11.6 Å². The highest BCUT2D eigenvalue weighted by Gasteiger charge is 2.25. The molecule has 0 saturated carbocycles. The van der Waals surface area contributed by atoms with Gasteiger partial charge in [0.15, 0.2) is 0 Å². The number of rotatable bonds is 7. The molecular formula is C16H29ClN4O2. The fourth-order valence-electron chi connectivity index (χ4n) is 2.95. The van der Waals surface area contributed by atoms with Crippen molar-refractivity contribution in [2.45, 2.75) is 38.8 Å². The first-order valence-electron chi connectivity index (χ1n) is 8.24. The number of nitrogens with zero attached hydrogens (tertiary/aromatic N) is 3. The van der Waals surface area contributed by atoms with Crippen LogP contribution < -0.4 is 5.32 Å². The molecule has 1 aromatic heterocycles. The fourth-order valence-corrected chi connectivity index (χ4v) is 3.15. The van der Waals surface area contributed by atoms with Crippen LogP contribution in [0.25, 0.3) is 0 Å². The van der Waals surface area contributed by atoms with Crippen LogP contribution in [0.15, 0.2) is 0 Å². The number of β-amino-alcohol motifs (C(OH)–C–C–N with tert-alkyl or cyclic N) is 1. The molecule has 1 atom stereocenters. The van der Waals surface area contributed by atoms with Crippen LogP contribution in [0.5, 0.6) is 0 Å². The van der Waals surface area contributed by atoms with Gasteiger partial charge in [-0.15, -0.1) is 0 Å². The van der Waals surface area contributed by atoms with E-state index in [1.54, 1.807) is 4.68 Å². The van der Waals surface area contributed by atoms with Crippen molar-refractivity contribution in [1.82, 2.24) is 20.0 Å². The van der Waals surface area contributed by atoms with Gasteiger partial charge in [0.25, 0.3) is 0 Å². The van der Waals surface area contributed by atoms with E-state index >= 15 is 0 Å². The van der Waals surface area contributed by atoms with Crippen molar-refractivity contribution in [3.05, 3.63) is 16.4 Å². The Morgan fingerprint density at radius 1 is 1.39 bits per heavy atom. The molecule has 1 unspecified atom stereocenters. The van der Waals surface area contributed by atoms with Gasteiger partial charge in [0.2, 0.25) is 0 Å². The average Bonchev–Trinajstić information content (AvgIpc) is 2.76. The summed E-state index contributed by atoms with van der Waals surface area (Å²) in [6.45, 7) is 11.1. The molecule has 132 valence electrons. The Morgan fingerprint density at radius 3 is 2.65 bits per heavy atom. The van der Waals surface area contributed by atoms with E-state index in [9.17, 15) is 5.11 Å². The molecule has 23 heavy (non-hydrogen) atoms. The third kappa shape index (κ3) is 5.16. The molecule has 0 amide bonds. The summed E-state index contributed by atoms with van der Waals surface area (Å²) in [7, 11) is 1.85. The molecule has 0 aliphatic carbocycles. The maximum Gasteiger partial charge on any atom is 0.131 e. The van der Waals surface area contributed by atoms with Crippen molar-refractivity contribution >= 4 is 11.6 Å². The van der Waals surface area contributed by atoms with Crippen molar-refractivity contribution in [2.75, 3.05) is 39.4 Å². The predicted octanol–water partition coefficient (Wildman–Crippen LogP) is 1.37. The van der Waals surface area contributed by atoms with Crippen molar-refractivity contribution < 1.29 is 9.84 Å². The van der Waals surface area contributed by atoms with E-state index in [1.165, 1.54) is 0 Å². The molecule has 0 radical (unpaired) electrons. The predicted molar refractivity (Wildman–Crippen MR) is 91.9 cm³/mol. The Labute approximate surface area is 143 Å². The summed E-state index contributed by atoms with van der Waals surface area (Å²) in [5.74, 6) is 0.319. The Kier molecular flexibility index (Phi) is 6.45. The van der Waals surface area contributed by atoms with Gasteiger partial charge >= 0.3 is 0 Å². The summed E-state index contributed by atoms with van der Waals surface area (Å²) in [4.78, 5) is 2.24. The molecule has 1 fully saturated rings. The Hall–Kier alpha value is -0.660. The van der Waals surface area contributed by atoms with E-state index in [0.717, 1.165) is 37.6 Å². The Balaban J connectivity index is 1.88. The summed E-state index contributed by atoms with van der Waals surface area (Å²) in [5.41, 5.74) is 1.24. The van der Waals surface area contributed by atoms with Gasteiger partial charge in [-0.25, -0.2) is 0 Å². The second-order valence-corrected chi connectivity index (χ2v) is 7.28. The second-order valence-electron chi connectivity index (χ2n) is 6.92. The van der Waals surface area contributed by atoms with E-state index in [1.807, 2.05) is 14.0 Å². The standard InChI is InChI=1S/C16H29ClN4O2/c1-12(2)14-13(15(17)20(4)19-14)9-18-10-16(3,22)11-21-5-7-23-8-6-21/h12,18,22H,5-11H2,1-4H3. The molecule has 1 aliphatic rings. The van der Waals surface area contributed by atoms with Crippen LogP contribution in [0.2, 0.25) is 5.15 Å². The van der Waals surface area contributed by atoms with E-state index in [-0.39, 0.29) is 0 Å². The van der Waals surface area contributed by atoms with Crippen molar-refractivity contribution in [3.63, 3.8) is 0 Å². The van der Waals surface area contributed by atoms with Crippen LogP contribution in [-0.2, 0) is 18.3 Å². The zero-order valence-corrected chi connectivity index (χ0v) is 15.4. The SMILES string of the molecule is CC(C)c1nn(C)c(Cl)c1CNCC(C)(O)CN1CCOCC1. The van der Waals surface area contributed by atoms with Gasteiger partial charge < -0.3 is 15.2 Å². The molecule has 2 rings (SSSR count). The van der Waals surface area contributed by atoms with E-state index in [4.69, 9.17) is 16.3 Å². The number of halogens is 1. The third-order valence-corrected chi connectivity index (χ3v) is 4.60. The van der Waals surface area contributed by atoms with Gasteiger partial charge in [-0.2, -0.15) is 5.10 Å². The molecule has 1 aliphatic heterocycles. The minimum Gasteiger partial charge on any atom is -0.388 e. The lowest BCUT2D eigenvalue weighted by atomic mass is 10.0. The fraction of sp³-hybridized carbons (Fsp3) is 0.812. The van der Waals surface area contributed by atoms with Gasteiger partial charge in [-0.05, 0) is 12.8 Å². The average molecular weight is 345 g/mol. The lowest BCUT2D eigenvalue weighted by molar-refractivity contribution is -0.0219. The minimum atomic E-state index is -0.788. The van der Waals surface area contributed by atoms with Gasteiger partial charge in [0.1, 0.15) is 5.15 Å². The van der Waals surface area contributed by atoms with Crippen LogP contribution in [0.4, 0.5) is 0 Å². The summed E-state index contributed by atoms with van der Waals surface area (Å²) < 4.78 is 7.05. The minimum absolute atomic E-state index is 0.319. The lowest BCUT2D eigenvalue weighted by Gasteiger charge is -2.34. The van der Waals surface area contributed by atoms with Crippen LogP contribution in [-0.4, -0.2) is 64.8 Å². The molecule has 2 N–H and O–H groups in total. The smallest absolute Gasteiger partial charge is 0.131 e. The first-order chi connectivity index (χ1) is 10.8. The van der Waals surface area contributed by atoms with Crippen molar-refractivity contribution in [2.24, 2.45) is 7.05 Å². The van der Waals surface area contributed by atoms with Crippen molar-refractivity contribution in [1.29, 1.82) is 0 Å². The van der Waals surface area contributed by atoms with Gasteiger partial charge in [0.05, 0.1) is 24.5 Å². The number of ether oxygens (including phenoxy) is 1. The molecule has 0 bridgehead atoms. The lowest BCUT2D eigenvalue weighted by Crippen LogP contribution is -2.50. The molecular weight excluding hydrogens is 316 g/mol. The summed E-state index contributed by atoms with van der Waals surface area (Å²) in [6, 6.07) is 0. The monoisotopic (exact) mass is 344 g/mol. The zero-order chi connectivity index (χ0) is 17.0. The highest BCUT2D eigenvalue weighted by atomic mass is 35.5. The number of hydrogen-bond donors (Lipinski definition) is 2. The number of aryl methyl sites for hydroxylation is 1. The topological polar surface area (TPSA) is 62.5 Å². The van der Waals surface area contributed by atoms with Gasteiger partial charge in [-0.1, -0.05) is 25.4 Å². The number of aromatic nitrogens is 2. The Morgan fingerprint density at radius 2 is 2.04 bits per heavy atom. The molecule has 6 nitrogen and oxygen atoms in total. The molecule has 0 aromatic carbocycles. The van der Waals surface area contributed by atoms with Crippen LogP contribution in [0, 0.1) is 0 Å². The largest absolute Gasteiger partial charge is 0.388 e. The quantitative estimate of drug-likeness (QED) is 0.782. The highest BCUT2D eigenvalue weighted by molar-refractivity contribution is 6.30. The number of morpholine rings is 1. The third-order valence-electron chi connectivity index (χ3n) is 4.12. The first kappa shape index (κ1) is 18.7. The number of aliphatic hydroxyl groups is 1. The number of nitrogens with one attached hydrogen (secondary N) is 1. The summed E-state index contributed by atoms with van der Waals surface area (Å²) >= 11 is 6.34. The first-order valence-corrected chi connectivity index (χ1v) is 8.62. The molecule has 7 heteroatoms. The highest BCUT2D eigenvalue weighted by Crippen LogP contribution is 2.25.